The Hall–Kier alpha value is -4.35. The molecule has 3 amide bonds. The Labute approximate surface area is 182 Å². The van der Waals surface area contributed by atoms with Crippen molar-refractivity contribution in [3.63, 3.8) is 0 Å². The fraction of sp³-hybridized carbons (Fsp3) is 0.250. The highest BCUT2D eigenvalue weighted by Gasteiger charge is 2.20. The Morgan fingerprint density at radius 1 is 1.09 bits per heavy atom. The lowest BCUT2D eigenvalue weighted by atomic mass is 10.1. The molecule has 2 aromatic rings. The average Bonchev–Trinajstić information content (AvgIpc) is 2.76. The third kappa shape index (κ3) is 5.41. The summed E-state index contributed by atoms with van der Waals surface area (Å²) in [5, 5.41) is 15.7. The number of hydrogen-bond acceptors (Lipinski definition) is 9. The van der Waals surface area contributed by atoms with Gasteiger partial charge in [-0.2, -0.15) is 0 Å². The van der Waals surface area contributed by atoms with E-state index in [0.29, 0.717) is 36.1 Å². The van der Waals surface area contributed by atoms with Crippen LogP contribution in [0.4, 0.5) is 21.9 Å². The number of hydrogen-bond donors (Lipinski definition) is 2. The SMILES string of the molecule is CN(C)c1ccc(C(=O)OCC(=O)NC(=O)Nc2ccc3c(c2)OCCO3)cc1[N+](=O)[O-]. The maximum absolute atomic E-state index is 12.2. The molecule has 12 nitrogen and oxygen atoms in total. The van der Waals surface area contributed by atoms with Crippen molar-refractivity contribution in [3.8, 4) is 11.5 Å². The number of ether oxygens (including phenoxy) is 3. The first kappa shape index (κ1) is 22.3. The monoisotopic (exact) mass is 444 g/mol. The zero-order chi connectivity index (χ0) is 23.3. The molecule has 1 aliphatic heterocycles. The van der Waals surface area contributed by atoms with E-state index in [0.717, 1.165) is 6.07 Å². The maximum Gasteiger partial charge on any atom is 0.338 e. The van der Waals surface area contributed by atoms with Crippen molar-refractivity contribution in [2.45, 2.75) is 0 Å². The lowest BCUT2D eigenvalue weighted by Gasteiger charge is -2.19. The van der Waals surface area contributed by atoms with Crippen LogP contribution >= 0.6 is 0 Å². The van der Waals surface area contributed by atoms with Crippen LogP contribution in [0.1, 0.15) is 10.4 Å². The number of nitrogens with zero attached hydrogens (tertiary/aromatic N) is 2. The predicted molar refractivity (Wildman–Crippen MR) is 112 cm³/mol. The molecule has 0 radical (unpaired) electrons. The van der Waals surface area contributed by atoms with Crippen LogP contribution in [0.5, 0.6) is 11.5 Å². The van der Waals surface area contributed by atoms with Gasteiger partial charge in [-0.1, -0.05) is 0 Å². The van der Waals surface area contributed by atoms with Gasteiger partial charge in [0.2, 0.25) is 0 Å². The summed E-state index contributed by atoms with van der Waals surface area (Å²) in [6.45, 7) is 0.0603. The number of nitro benzene ring substituents is 1. The molecule has 0 aromatic heterocycles. The molecular formula is C20H20N4O8. The van der Waals surface area contributed by atoms with Crippen molar-refractivity contribution in [2.24, 2.45) is 0 Å². The molecule has 12 heteroatoms. The molecule has 2 N–H and O–H groups in total. The summed E-state index contributed by atoms with van der Waals surface area (Å²) < 4.78 is 15.6. The summed E-state index contributed by atoms with van der Waals surface area (Å²) in [5.41, 5.74) is 0.286. The van der Waals surface area contributed by atoms with Crippen LogP contribution < -0.4 is 25.0 Å². The molecule has 1 heterocycles. The molecule has 168 valence electrons. The van der Waals surface area contributed by atoms with E-state index < -0.39 is 29.4 Å². The Morgan fingerprint density at radius 3 is 2.50 bits per heavy atom. The third-order valence-electron chi connectivity index (χ3n) is 4.28. The van der Waals surface area contributed by atoms with E-state index in [1.165, 1.54) is 17.0 Å². The first-order valence-electron chi connectivity index (χ1n) is 9.38. The number of esters is 1. The molecule has 3 rings (SSSR count). The maximum atomic E-state index is 12.2. The van der Waals surface area contributed by atoms with Crippen molar-refractivity contribution in [1.29, 1.82) is 0 Å². The number of anilines is 2. The van der Waals surface area contributed by atoms with E-state index in [1.807, 2.05) is 5.32 Å². The second kappa shape index (κ2) is 9.64. The summed E-state index contributed by atoms with van der Waals surface area (Å²) >= 11 is 0. The van der Waals surface area contributed by atoms with Crippen LogP contribution in [-0.4, -0.2) is 56.7 Å². The number of fused-ring (bicyclic) bond motifs is 1. The smallest absolute Gasteiger partial charge is 0.338 e. The second-order valence-electron chi connectivity index (χ2n) is 6.79. The number of urea groups is 1. The van der Waals surface area contributed by atoms with Gasteiger partial charge in [0, 0.05) is 31.9 Å². The first-order chi connectivity index (χ1) is 15.2. The molecule has 0 bridgehead atoms. The molecule has 0 saturated heterocycles. The summed E-state index contributed by atoms with van der Waals surface area (Å²) in [7, 11) is 3.25. The number of rotatable bonds is 6. The van der Waals surface area contributed by atoms with Crippen LogP contribution in [0.15, 0.2) is 36.4 Å². The number of nitro groups is 1. The molecular weight excluding hydrogens is 424 g/mol. The summed E-state index contributed by atoms with van der Waals surface area (Å²) in [6, 6.07) is 7.70. The van der Waals surface area contributed by atoms with Crippen molar-refractivity contribution < 1.29 is 33.5 Å². The van der Waals surface area contributed by atoms with Crippen molar-refractivity contribution >= 4 is 35.0 Å². The number of nitrogens with one attached hydrogen (secondary N) is 2. The van der Waals surface area contributed by atoms with Crippen LogP contribution in [0.25, 0.3) is 0 Å². The van der Waals surface area contributed by atoms with Crippen LogP contribution in [0.3, 0.4) is 0 Å². The summed E-state index contributed by atoms with van der Waals surface area (Å²) in [4.78, 5) is 48.2. The highest BCUT2D eigenvalue weighted by Crippen LogP contribution is 2.32. The van der Waals surface area contributed by atoms with Gasteiger partial charge in [0.05, 0.1) is 10.5 Å². The fourth-order valence-corrected chi connectivity index (χ4v) is 2.84. The normalized spacial score (nSPS) is 11.8. The van der Waals surface area contributed by atoms with Crippen LogP contribution in [0.2, 0.25) is 0 Å². The molecule has 0 fully saturated rings. The number of carbonyl (C=O) groups excluding carboxylic acids is 3. The van der Waals surface area contributed by atoms with Gasteiger partial charge in [0.15, 0.2) is 18.1 Å². The molecule has 0 atom stereocenters. The van der Waals surface area contributed by atoms with E-state index >= 15 is 0 Å². The van der Waals surface area contributed by atoms with Gasteiger partial charge in [-0.25, -0.2) is 9.59 Å². The van der Waals surface area contributed by atoms with Gasteiger partial charge in [-0.3, -0.25) is 20.2 Å². The number of benzene rings is 2. The highest BCUT2D eigenvalue weighted by atomic mass is 16.6. The minimum atomic E-state index is -0.944. The van der Waals surface area contributed by atoms with Gasteiger partial charge < -0.3 is 24.4 Å². The largest absolute Gasteiger partial charge is 0.486 e. The van der Waals surface area contributed by atoms with Gasteiger partial charge in [-0.05, 0) is 24.3 Å². The van der Waals surface area contributed by atoms with Crippen molar-refractivity contribution in [3.05, 3.63) is 52.1 Å². The molecule has 2 aromatic carbocycles. The zero-order valence-electron chi connectivity index (χ0n) is 17.2. The van der Waals surface area contributed by atoms with E-state index in [-0.39, 0.29) is 11.3 Å². The van der Waals surface area contributed by atoms with Gasteiger partial charge in [0.1, 0.15) is 18.9 Å². The number of carbonyl (C=O) groups is 3. The Kier molecular flexibility index (Phi) is 6.73. The lowest BCUT2D eigenvalue weighted by Crippen LogP contribution is -2.37. The summed E-state index contributed by atoms with van der Waals surface area (Å²) in [5.74, 6) is -0.818. The second-order valence-corrected chi connectivity index (χ2v) is 6.79. The van der Waals surface area contributed by atoms with E-state index in [4.69, 9.17) is 14.2 Å². The van der Waals surface area contributed by atoms with Gasteiger partial charge >= 0.3 is 12.0 Å². The first-order valence-corrected chi connectivity index (χ1v) is 9.38. The van der Waals surface area contributed by atoms with E-state index in [9.17, 15) is 24.5 Å². The van der Waals surface area contributed by atoms with Gasteiger partial charge in [-0.15, -0.1) is 0 Å². The van der Waals surface area contributed by atoms with Crippen LogP contribution in [-0.2, 0) is 9.53 Å². The highest BCUT2D eigenvalue weighted by molar-refractivity contribution is 6.02. The lowest BCUT2D eigenvalue weighted by molar-refractivity contribution is -0.384. The quantitative estimate of drug-likeness (QED) is 0.387. The molecule has 32 heavy (non-hydrogen) atoms. The zero-order valence-corrected chi connectivity index (χ0v) is 17.2. The molecule has 1 aliphatic rings. The topological polar surface area (TPSA) is 149 Å². The number of amides is 3. The molecule has 0 saturated carbocycles. The third-order valence-corrected chi connectivity index (χ3v) is 4.28. The Morgan fingerprint density at radius 2 is 1.81 bits per heavy atom. The molecule has 0 aliphatic carbocycles. The van der Waals surface area contributed by atoms with Crippen molar-refractivity contribution in [1.82, 2.24) is 5.32 Å². The molecule has 0 spiro atoms. The minimum absolute atomic E-state index is 0.101. The fourth-order valence-electron chi connectivity index (χ4n) is 2.84. The Bertz CT molecular complexity index is 1070. The summed E-state index contributed by atoms with van der Waals surface area (Å²) in [6.07, 6.45) is 0. The van der Waals surface area contributed by atoms with E-state index in [1.54, 1.807) is 32.3 Å². The molecule has 0 unspecified atom stereocenters. The average molecular weight is 444 g/mol. The van der Waals surface area contributed by atoms with Gasteiger partial charge in [0.25, 0.3) is 11.6 Å². The predicted octanol–water partition coefficient (Wildman–Crippen LogP) is 1.94. The Balaban J connectivity index is 1.53. The standard InChI is InChI=1S/C20H20N4O8/c1-23(2)14-5-3-12(9-15(14)24(28)29)19(26)32-11-18(25)22-20(27)21-13-4-6-16-17(10-13)31-8-7-30-16/h3-6,9-10H,7-8,11H2,1-2H3,(H2,21,22,25,27). The number of imide groups is 1. The van der Waals surface area contributed by atoms with Crippen LogP contribution in [0, 0.1) is 10.1 Å². The minimum Gasteiger partial charge on any atom is -0.486 e. The van der Waals surface area contributed by atoms with Crippen molar-refractivity contribution in [2.75, 3.05) is 44.1 Å². The van der Waals surface area contributed by atoms with E-state index in [2.05, 4.69) is 5.32 Å².